The number of aryl methyl sites for hydroxylation is 1. The average molecular weight is 307 g/mol. The van der Waals surface area contributed by atoms with Gasteiger partial charge in [-0.3, -0.25) is 0 Å². The standard InChI is InChI=1S/C17H25NO4/c1-11-7-12(14(19)20)9-13(8-11)17(5,6)10-18-15(21)22-16(2,3)4/h7-9H,10H2,1-6H3,(H,18,21)(H,19,20). The summed E-state index contributed by atoms with van der Waals surface area (Å²) in [5, 5.41) is 11.9. The van der Waals surface area contributed by atoms with Crippen molar-refractivity contribution in [3.05, 3.63) is 34.9 Å². The maximum atomic E-state index is 11.8. The Morgan fingerprint density at radius 2 is 1.73 bits per heavy atom. The van der Waals surface area contributed by atoms with Crippen molar-refractivity contribution < 1.29 is 19.4 Å². The van der Waals surface area contributed by atoms with Gasteiger partial charge in [-0.1, -0.05) is 19.9 Å². The Hall–Kier alpha value is -2.04. The number of rotatable bonds is 4. The van der Waals surface area contributed by atoms with Crippen molar-refractivity contribution in [1.82, 2.24) is 5.32 Å². The Balaban J connectivity index is 2.86. The third kappa shape index (κ3) is 5.39. The first kappa shape index (κ1) is 18.0. The maximum absolute atomic E-state index is 11.8. The third-order valence-corrected chi connectivity index (χ3v) is 3.18. The number of benzene rings is 1. The van der Waals surface area contributed by atoms with Gasteiger partial charge in [0.05, 0.1) is 5.56 Å². The normalized spacial score (nSPS) is 11.9. The van der Waals surface area contributed by atoms with Crippen molar-refractivity contribution in [3.8, 4) is 0 Å². The van der Waals surface area contributed by atoms with Crippen LogP contribution in [0.1, 0.15) is 56.1 Å². The molecule has 0 atom stereocenters. The first-order chi connectivity index (χ1) is 9.90. The lowest BCUT2D eigenvalue weighted by atomic mass is 9.83. The van der Waals surface area contributed by atoms with Crippen LogP contribution in [0.4, 0.5) is 4.79 Å². The summed E-state index contributed by atoms with van der Waals surface area (Å²) in [5.41, 5.74) is 1.03. The minimum absolute atomic E-state index is 0.250. The molecule has 2 N–H and O–H groups in total. The first-order valence-corrected chi connectivity index (χ1v) is 7.23. The van der Waals surface area contributed by atoms with Crippen LogP contribution >= 0.6 is 0 Å². The Kier molecular flexibility index (Phi) is 5.22. The van der Waals surface area contributed by atoms with Crippen molar-refractivity contribution in [2.45, 2.75) is 52.6 Å². The smallest absolute Gasteiger partial charge is 0.407 e. The third-order valence-electron chi connectivity index (χ3n) is 3.18. The van der Waals surface area contributed by atoms with Crippen molar-refractivity contribution in [2.75, 3.05) is 6.54 Å². The van der Waals surface area contributed by atoms with Crippen molar-refractivity contribution in [2.24, 2.45) is 0 Å². The Bertz CT molecular complexity index is 571. The van der Waals surface area contributed by atoms with Gasteiger partial charge in [-0.15, -0.1) is 0 Å². The van der Waals surface area contributed by atoms with E-state index in [1.807, 2.05) is 26.8 Å². The molecule has 0 saturated carbocycles. The number of ether oxygens (including phenoxy) is 1. The van der Waals surface area contributed by atoms with Crippen molar-refractivity contribution in [3.63, 3.8) is 0 Å². The molecule has 1 amide bonds. The summed E-state index contributed by atoms with van der Waals surface area (Å²) >= 11 is 0. The molecule has 0 aliphatic rings. The molecule has 122 valence electrons. The predicted molar refractivity (Wildman–Crippen MR) is 85.4 cm³/mol. The van der Waals surface area contributed by atoms with Gasteiger partial charge in [0.2, 0.25) is 0 Å². The van der Waals surface area contributed by atoms with E-state index < -0.39 is 23.1 Å². The molecule has 0 heterocycles. The minimum atomic E-state index is -0.958. The lowest BCUT2D eigenvalue weighted by Crippen LogP contribution is -2.39. The monoisotopic (exact) mass is 307 g/mol. The SMILES string of the molecule is Cc1cc(C(=O)O)cc(C(C)(C)CNC(=O)OC(C)(C)C)c1. The van der Waals surface area contributed by atoms with E-state index in [0.717, 1.165) is 11.1 Å². The van der Waals surface area contributed by atoms with Crippen LogP contribution in [0.25, 0.3) is 0 Å². The molecule has 1 aromatic rings. The molecule has 0 fully saturated rings. The van der Waals surface area contributed by atoms with Crippen LogP contribution in [0.2, 0.25) is 0 Å². The summed E-state index contributed by atoms with van der Waals surface area (Å²) in [7, 11) is 0. The molecular weight excluding hydrogens is 282 g/mol. The van der Waals surface area contributed by atoms with Crippen LogP contribution in [0.5, 0.6) is 0 Å². The van der Waals surface area contributed by atoms with Crippen molar-refractivity contribution in [1.29, 1.82) is 0 Å². The van der Waals surface area contributed by atoms with Gasteiger partial charge >= 0.3 is 12.1 Å². The second-order valence-corrected chi connectivity index (χ2v) is 7.13. The van der Waals surface area contributed by atoms with Crippen LogP contribution in [-0.2, 0) is 10.2 Å². The zero-order valence-corrected chi connectivity index (χ0v) is 14.1. The number of aromatic carboxylic acids is 1. The van der Waals surface area contributed by atoms with E-state index in [9.17, 15) is 9.59 Å². The van der Waals surface area contributed by atoms with E-state index in [2.05, 4.69) is 5.32 Å². The van der Waals surface area contributed by atoms with Crippen LogP contribution in [0, 0.1) is 6.92 Å². The minimum Gasteiger partial charge on any atom is -0.478 e. The lowest BCUT2D eigenvalue weighted by molar-refractivity contribution is 0.0516. The molecule has 1 aromatic carbocycles. The molecule has 5 heteroatoms. The molecule has 0 spiro atoms. The van der Waals surface area contributed by atoms with Gasteiger partial charge in [-0.2, -0.15) is 0 Å². The number of hydrogen-bond donors (Lipinski definition) is 2. The van der Waals surface area contributed by atoms with E-state index >= 15 is 0 Å². The summed E-state index contributed by atoms with van der Waals surface area (Å²) in [5.74, 6) is -0.958. The van der Waals surface area contributed by atoms with Crippen LogP contribution in [-0.4, -0.2) is 29.3 Å². The molecule has 1 rings (SSSR count). The lowest BCUT2D eigenvalue weighted by Gasteiger charge is -2.27. The number of hydrogen-bond acceptors (Lipinski definition) is 3. The molecule has 0 aromatic heterocycles. The molecule has 0 aliphatic carbocycles. The van der Waals surface area contributed by atoms with E-state index in [-0.39, 0.29) is 5.56 Å². The summed E-state index contributed by atoms with van der Waals surface area (Å²) < 4.78 is 5.21. The molecule has 0 unspecified atom stereocenters. The molecule has 0 aliphatic heterocycles. The number of carbonyl (C=O) groups excluding carboxylic acids is 1. The van der Waals surface area contributed by atoms with E-state index in [1.165, 1.54) is 0 Å². The fourth-order valence-electron chi connectivity index (χ4n) is 2.01. The molecular formula is C17H25NO4. The highest BCUT2D eigenvalue weighted by Gasteiger charge is 2.24. The highest BCUT2D eigenvalue weighted by atomic mass is 16.6. The van der Waals surface area contributed by atoms with Gasteiger partial charge in [0.15, 0.2) is 0 Å². The topological polar surface area (TPSA) is 75.6 Å². The average Bonchev–Trinajstić information content (AvgIpc) is 2.33. The molecule has 22 heavy (non-hydrogen) atoms. The number of amides is 1. The molecule has 0 saturated heterocycles. The number of nitrogens with one attached hydrogen (secondary N) is 1. The number of carbonyl (C=O) groups is 2. The zero-order valence-electron chi connectivity index (χ0n) is 14.1. The fraction of sp³-hybridized carbons (Fsp3) is 0.529. The summed E-state index contributed by atoms with van der Waals surface area (Å²) in [6.45, 7) is 11.5. The highest BCUT2D eigenvalue weighted by Crippen LogP contribution is 2.25. The van der Waals surface area contributed by atoms with Gasteiger partial charge in [-0.25, -0.2) is 9.59 Å². The van der Waals surface area contributed by atoms with E-state index in [4.69, 9.17) is 9.84 Å². The highest BCUT2D eigenvalue weighted by molar-refractivity contribution is 5.88. The van der Waals surface area contributed by atoms with Crippen LogP contribution in [0.15, 0.2) is 18.2 Å². The van der Waals surface area contributed by atoms with Gasteiger partial charge in [0.25, 0.3) is 0 Å². The molecule has 0 radical (unpaired) electrons. The van der Waals surface area contributed by atoms with Crippen molar-refractivity contribution >= 4 is 12.1 Å². The van der Waals surface area contributed by atoms with Crippen LogP contribution in [0.3, 0.4) is 0 Å². The van der Waals surface area contributed by atoms with Gasteiger partial charge in [-0.05, 0) is 51.0 Å². The van der Waals surface area contributed by atoms with Gasteiger partial charge in [0, 0.05) is 12.0 Å². The fourth-order valence-corrected chi connectivity index (χ4v) is 2.01. The predicted octanol–water partition coefficient (Wildman–Crippen LogP) is 3.50. The number of alkyl carbamates (subject to hydrolysis) is 1. The maximum Gasteiger partial charge on any atom is 0.407 e. The first-order valence-electron chi connectivity index (χ1n) is 7.23. The molecule has 0 bridgehead atoms. The zero-order chi connectivity index (χ0) is 17.1. The second-order valence-electron chi connectivity index (χ2n) is 7.13. The molecule has 5 nitrogen and oxygen atoms in total. The quantitative estimate of drug-likeness (QED) is 0.892. The Labute approximate surface area is 131 Å². The summed E-state index contributed by atoms with van der Waals surface area (Å²) in [6, 6.07) is 5.21. The summed E-state index contributed by atoms with van der Waals surface area (Å²) in [6.07, 6.45) is -0.480. The van der Waals surface area contributed by atoms with E-state index in [1.54, 1.807) is 32.9 Å². The Morgan fingerprint density at radius 3 is 2.23 bits per heavy atom. The second kappa shape index (κ2) is 6.38. The van der Waals surface area contributed by atoms with Gasteiger partial charge in [0.1, 0.15) is 5.60 Å². The number of carboxylic acid groups (broad SMARTS) is 1. The van der Waals surface area contributed by atoms with Crippen LogP contribution < -0.4 is 5.32 Å². The largest absolute Gasteiger partial charge is 0.478 e. The van der Waals surface area contributed by atoms with Gasteiger partial charge < -0.3 is 15.2 Å². The van der Waals surface area contributed by atoms with E-state index in [0.29, 0.717) is 6.54 Å². The number of carboxylic acids is 1. The Morgan fingerprint density at radius 1 is 1.14 bits per heavy atom. The summed E-state index contributed by atoms with van der Waals surface area (Å²) in [4.78, 5) is 22.9.